The van der Waals surface area contributed by atoms with E-state index in [-0.39, 0.29) is 25.3 Å². The fraction of sp³-hybridized carbons (Fsp3) is 0.700. The van der Waals surface area contributed by atoms with Crippen molar-refractivity contribution < 1.29 is 34.2 Å². The quantitative estimate of drug-likeness (QED) is 0.0580. The van der Waals surface area contributed by atoms with Crippen LogP contribution < -0.4 is 33.2 Å². The van der Waals surface area contributed by atoms with E-state index in [4.69, 9.17) is 22.3 Å². The van der Waals surface area contributed by atoms with E-state index in [1.807, 2.05) is 0 Å². The lowest BCUT2D eigenvalue weighted by atomic mass is 10.0. The van der Waals surface area contributed by atoms with Gasteiger partial charge in [0.05, 0.1) is 12.5 Å². The van der Waals surface area contributed by atoms with Crippen LogP contribution in [0.1, 0.15) is 39.5 Å². The first-order valence-corrected chi connectivity index (χ1v) is 12.3. The molecule has 11 N–H and O–H groups in total. The Morgan fingerprint density at radius 2 is 1.51 bits per heavy atom. The lowest BCUT2D eigenvalue weighted by Crippen LogP contribution is -2.58. The van der Waals surface area contributed by atoms with Gasteiger partial charge < -0.3 is 43.4 Å². The summed E-state index contributed by atoms with van der Waals surface area (Å²) in [5.41, 5.74) is 16.0. The molecule has 0 saturated heterocycles. The molecule has 0 aromatic rings. The van der Waals surface area contributed by atoms with Gasteiger partial charge in [-0.25, -0.2) is 4.79 Å². The molecule has 0 aromatic carbocycles. The fourth-order valence-corrected chi connectivity index (χ4v) is 3.35. The monoisotopic (exact) mass is 519 g/mol. The Balaban J connectivity index is 5.34. The molecular formula is C20H37N7O7S. The molecule has 14 nitrogen and oxygen atoms in total. The molecule has 0 aliphatic heterocycles. The molecule has 35 heavy (non-hydrogen) atoms. The molecule has 0 aromatic heterocycles. The first-order chi connectivity index (χ1) is 16.3. The minimum Gasteiger partial charge on any atom is -0.481 e. The van der Waals surface area contributed by atoms with Crippen molar-refractivity contribution >= 4 is 47.4 Å². The Bertz CT molecular complexity index is 775. The second-order valence-corrected chi connectivity index (χ2v) is 9.11. The number of hydrogen-bond acceptors (Lipinski definition) is 8. The van der Waals surface area contributed by atoms with Crippen molar-refractivity contribution in [3.8, 4) is 0 Å². The largest absolute Gasteiger partial charge is 0.481 e. The Morgan fingerprint density at radius 3 is 2.00 bits per heavy atom. The van der Waals surface area contributed by atoms with Gasteiger partial charge in [0.25, 0.3) is 0 Å². The molecule has 0 aliphatic rings. The van der Waals surface area contributed by atoms with Crippen LogP contribution >= 0.6 is 11.8 Å². The number of nitrogens with zero attached hydrogens (tertiary/aromatic N) is 1. The number of carboxylic acid groups (broad SMARTS) is 2. The molecule has 0 saturated carbocycles. The molecule has 4 unspecified atom stereocenters. The molecule has 0 radical (unpaired) electrons. The zero-order valence-electron chi connectivity index (χ0n) is 20.2. The molecule has 0 rings (SSSR count). The number of carbonyl (C=O) groups excluding carboxylic acids is 3. The van der Waals surface area contributed by atoms with Crippen LogP contribution in [0.4, 0.5) is 0 Å². The minimum absolute atomic E-state index is 0.0600. The summed E-state index contributed by atoms with van der Waals surface area (Å²) in [6.45, 7) is 3.52. The third-order valence-corrected chi connectivity index (χ3v) is 5.43. The average molecular weight is 520 g/mol. The summed E-state index contributed by atoms with van der Waals surface area (Å²) in [7, 11) is 0. The van der Waals surface area contributed by atoms with Crippen molar-refractivity contribution in [2.45, 2.75) is 63.7 Å². The molecule has 0 spiro atoms. The molecule has 0 aliphatic carbocycles. The lowest BCUT2D eigenvalue weighted by Gasteiger charge is -2.27. The molecule has 0 heterocycles. The first-order valence-electron chi connectivity index (χ1n) is 11.0. The number of nitrogens with one attached hydrogen (secondary N) is 3. The van der Waals surface area contributed by atoms with Crippen molar-refractivity contribution in [2.24, 2.45) is 28.1 Å². The van der Waals surface area contributed by atoms with Crippen LogP contribution in [0.2, 0.25) is 0 Å². The van der Waals surface area contributed by atoms with Gasteiger partial charge in [-0.05, 0) is 37.2 Å². The zero-order chi connectivity index (χ0) is 27.1. The first kappa shape index (κ1) is 31.9. The van der Waals surface area contributed by atoms with Crippen molar-refractivity contribution in [3.63, 3.8) is 0 Å². The zero-order valence-corrected chi connectivity index (χ0v) is 21.0. The molecule has 0 fully saturated rings. The summed E-state index contributed by atoms with van der Waals surface area (Å²) in [6.07, 6.45) is 1.75. The maximum absolute atomic E-state index is 12.9. The summed E-state index contributed by atoms with van der Waals surface area (Å²) in [4.78, 5) is 64.1. The number of carboxylic acids is 2. The van der Waals surface area contributed by atoms with Gasteiger partial charge in [-0.2, -0.15) is 11.8 Å². The van der Waals surface area contributed by atoms with Crippen molar-refractivity contribution in [2.75, 3.05) is 18.6 Å². The third-order valence-electron chi connectivity index (χ3n) is 4.78. The summed E-state index contributed by atoms with van der Waals surface area (Å²) in [5, 5.41) is 25.7. The number of amides is 3. The van der Waals surface area contributed by atoms with E-state index in [0.717, 1.165) is 0 Å². The van der Waals surface area contributed by atoms with Gasteiger partial charge in [0.1, 0.15) is 18.1 Å². The van der Waals surface area contributed by atoms with E-state index in [1.54, 1.807) is 20.1 Å². The van der Waals surface area contributed by atoms with Crippen LogP contribution in [-0.4, -0.2) is 88.6 Å². The van der Waals surface area contributed by atoms with Gasteiger partial charge in [-0.3, -0.25) is 24.2 Å². The van der Waals surface area contributed by atoms with E-state index < -0.39 is 66.2 Å². The van der Waals surface area contributed by atoms with Gasteiger partial charge in [-0.1, -0.05) is 13.8 Å². The second-order valence-electron chi connectivity index (χ2n) is 8.13. The van der Waals surface area contributed by atoms with Crippen molar-refractivity contribution in [1.29, 1.82) is 0 Å². The van der Waals surface area contributed by atoms with E-state index in [0.29, 0.717) is 12.2 Å². The Morgan fingerprint density at radius 1 is 0.914 bits per heavy atom. The minimum atomic E-state index is -1.35. The standard InChI is InChI=1S/C20H37N7O7S/c1-10(2)15(18(32)26-13(19(33)34)5-4-7-24-20(22)23)27-17(31)12(6-8-35-3)25-16(30)11(21)9-14(28)29/h10-13,15H,4-9,21H2,1-3H3,(H,25,30)(H,26,32)(H,27,31)(H,28,29)(H,33,34)(H4,22,23,24). The van der Waals surface area contributed by atoms with Gasteiger partial charge in [0, 0.05) is 6.54 Å². The number of carbonyl (C=O) groups is 5. The summed E-state index contributed by atoms with van der Waals surface area (Å²) >= 11 is 1.42. The highest BCUT2D eigenvalue weighted by Gasteiger charge is 2.31. The number of aliphatic carboxylic acids is 2. The molecular weight excluding hydrogens is 482 g/mol. The maximum atomic E-state index is 12.9. The number of nitrogens with two attached hydrogens (primary N) is 3. The van der Waals surface area contributed by atoms with Crippen LogP contribution in [0.15, 0.2) is 4.99 Å². The smallest absolute Gasteiger partial charge is 0.326 e. The molecule has 3 amide bonds. The van der Waals surface area contributed by atoms with Crippen molar-refractivity contribution in [3.05, 3.63) is 0 Å². The highest BCUT2D eigenvalue weighted by atomic mass is 32.2. The number of aliphatic imine (C=N–C) groups is 1. The summed E-state index contributed by atoms with van der Waals surface area (Å²) < 4.78 is 0. The van der Waals surface area contributed by atoms with Gasteiger partial charge in [0.15, 0.2) is 5.96 Å². The van der Waals surface area contributed by atoms with Gasteiger partial charge in [-0.15, -0.1) is 0 Å². The van der Waals surface area contributed by atoms with E-state index >= 15 is 0 Å². The Labute approximate surface area is 208 Å². The Hall–Kier alpha value is -3.07. The molecule has 15 heteroatoms. The highest BCUT2D eigenvalue weighted by molar-refractivity contribution is 7.98. The van der Waals surface area contributed by atoms with Gasteiger partial charge in [0.2, 0.25) is 17.7 Å². The molecule has 0 bridgehead atoms. The third kappa shape index (κ3) is 13.4. The number of hydrogen-bond donors (Lipinski definition) is 8. The van der Waals surface area contributed by atoms with E-state index in [2.05, 4.69) is 20.9 Å². The van der Waals surface area contributed by atoms with E-state index in [9.17, 15) is 29.1 Å². The van der Waals surface area contributed by atoms with Crippen LogP contribution in [-0.2, 0) is 24.0 Å². The van der Waals surface area contributed by atoms with Crippen LogP contribution in [0, 0.1) is 5.92 Å². The summed E-state index contributed by atoms with van der Waals surface area (Å²) in [6, 6.07) is -4.74. The lowest BCUT2D eigenvalue weighted by molar-refractivity contribution is -0.142. The second kappa shape index (κ2) is 16.5. The van der Waals surface area contributed by atoms with Crippen molar-refractivity contribution in [1.82, 2.24) is 16.0 Å². The molecule has 4 atom stereocenters. The number of thioether (sulfide) groups is 1. The predicted molar refractivity (Wildman–Crippen MR) is 131 cm³/mol. The Kier molecular flexibility index (Phi) is 15.1. The van der Waals surface area contributed by atoms with Gasteiger partial charge >= 0.3 is 11.9 Å². The predicted octanol–water partition coefficient (Wildman–Crippen LogP) is -2.21. The highest BCUT2D eigenvalue weighted by Crippen LogP contribution is 2.08. The number of rotatable bonds is 17. The topological polar surface area (TPSA) is 252 Å². The summed E-state index contributed by atoms with van der Waals surface area (Å²) in [5.74, 6) is -4.77. The van der Waals surface area contributed by atoms with E-state index in [1.165, 1.54) is 11.8 Å². The van der Waals surface area contributed by atoms with Crippen LogP contribution in [0.25, 0.3) is 0 Å². The SMILES string of the molecule is CSCCC(NC(=O)C(N)CC(=O)O)C(=O)NC(C(=O)NC(CCCN=C(N)N)C(=O)O)C(C)C. The average Bonchev–Trinajstić information content (AvgIpc) is 2.75. The fourth-order valence-electron chi connectivity index (χ4n) is 2.88. The van der Waals surface area contributed by atoms with Crippen LogP contribution in [0.3, 0.4) is 0 Å². The number of guanidine groups is 1. The molecule has 200 valence electrons. The maximum Gasteiger partial charge on any atom is 0.326 e. The van der Waals surface area contributed by atoms with Crippen LogP contribution in [0.5, 0.6) is 0 Å². The normalized spacial score (nSPS) is 14.2.